The van der Waals surface area contributed by atoms with E-state index in [1.165, 1.54) is 21.5 Å². The van der Waals surface area contributed by atoms with Gasteiger partial charge in [0.15, 0.2) is 0 Å². The molecule has 4 rings (SSSR count). The summed E-state index contributed by atoms with van der Waals surface area (Å²) in [4.78, 5) is 12.1. The van der Waals surface area contributed by atoms with Crippen molar-refractivity contribution < 1.29 is 4.79 Å². The highest BCUT2D eigenvalue weighted by molar-refractivity contribution is 7.81. The molecule has 0 aromatic heterocycles. The Kier molecular flexibility index (Phi) is 2.12. The number of thiocarbonyl (C=S) groups is 1. The molecule has 1 atom stereocenters. The molecular weight excluding hydrogens is 252 g/mol. The maximum absolute atomic E-state index is 11.3. The summed E-state index contributed by atoms with van der Waals surface area (Å²) < 4.78 is 0. The number of hydrogen-bond donors (Lipinski definition) is 0. The lowest BCUT2D eigenvalue weighted by atomic mass is 9.84. The van der Waals surface area contributed by atoms with Crippen molar-refractivity contribution in [3.05, 3.63) is 53.2 Å². The first kappa shape index (κ1) is 10.8. The average Bonchev–Trinajstić information content (AvgIpc) is 2.44. The Balaban J connectivity index is 2.34. The number of benzene rings is 3. The highest BCUT2D eigenvalue weighted by Gasteiger charge is 2.22. The van der Waals surface area contributed by atoms with Gasteiger partial charge in [-0.05, 0) is 38.4 Å². The molecule has 1 aliphatic carbocycles. The van der Waals surface area contributed by atoms with Crippen molar-refractivity contribution in [2.24, 2.45) is 0 Å². The summed E-state index contributed by atoms with van der Waals surface area (Å²) in [5, 5.41) is 5.97. The number of hydrogen-bond acceptors (Lipinski definition) is 2. The number of carbonyl (C=O) groups excluding carboxylic acids is 1. The van der Waals surface area contributed by atoms with E-state index in [4.69, 9.17) is 12.2 Å². The number of carbonyl (C=O) groups is 1. The van der Waals surface area contributed by atoms with Crippen LogP contribution in [0.5, 0.6) is 0 Å². The van der Waals surface area contributed by atoms with E-state index in [0.717, 1.165) is 17.1 Å². The minimum atomic E-state index is -0.280. The van der Waals surface area contributed by atoms with Gasteiger partial charge in [0, 0.05) is 4.86 Å². The van der Waals surface area contributed by atoms with E-state index in [-0.39, 0.29) is 5.92 Å². The van der Waals surface area contributed by atoms with E-state index >= 15 is 0 Å². The summed E-state index contributed by atoms with van der Waals surface area (Å²) in [7, 11) is 0. The molecule has 0 bridgehead atoms. The fourth-order valence-electron chi connectivity index (χ4n) is 3.05. The summed E-state index contributed by atoms with van der Waals surface area (Å²) in [5.41, 5.74) is 1.04. The van der Waals surface area contributed by atoms with E-state index in [1.807, 2.05) is 12.1 Å². The van der Waals surface area contributed by atoms with Crippen LogP contribution in [0.1, 0.15) is 11.5 Å². The van der Waals surface area contributed by atoms with Gasteiger partial charge >= 0.3 is 0 Å². The van der Waals surface area contributed by atoms with Crippen molar-refractivity contribution in [3.63, 3.8) is 0 Å². The largest absolute Gasteiger partial charge is 0.302 e. The Morgan fingerprint density at radius 2 is 1.68 bits per heavy atom. The molecule has 0 aliphatic heterocycles. The Morgan fingerprint density at radius 1 is 0.947 bits per heavy atom. The van der Waals surface area contributed by atoms with Crippen LogP contribution in [-0.2, 0) is 4.79 Å². The van der Waals surface area contributed by atoms with Gasteiger partial charge in [0.05, 0.1) is 5.92 Å². The standard InChI is InChI=1S/C17H10OS/c18-9-14-13-7-6-11-3-1-2-10-4-5-12(8-15(14)19)17(13)16(10)11/h1-9,14H. The van der Waals surface area contributed by atoms with Crippen LogP contribution in [0.4, 0.5) is 0 Å². The molecule has 19 heavy (non-hydrogen) atoms. The van der Waals surface area contributed by atoms with Crippen LogP contribution in [0.15, 0.2) is 42.5 Å². The van der Waals surface area contributed by atoms with Crippen LogP contribution in [0, 0.1) is 0 Å². The fourth-order valence-corrected chi connectivity index (χ4v) is 3.36. The molecule has 3 aromatic rings. The van der Waals surface area contributed by atoms with E-state index in [0.29, 0.717) is 4.86 Å². The van der Waals surface area contributed by atoms with Crippen molar-refractivity contribution in [2.45, 2.75) is 5.92 Å². The third kappa shape index (κ3) is 1.35. The fraction of sp³-hybridized carbons (Fsp3) is 0.0588. The highest BCUT2D eigenvalue weighted by Crippen LogP contribution is 2.32. The molecule has 90 valence electrons. The van der Waals surface area contributed by atoms with Crippen LogP contribution in [-0.4, -0.2) is 11.2 Å². The minimum absolute atomic E-state index is 0.280. The van der Waals surface area contributed by atoms with E-state index < -0.39 is 0 Å². The lowest BCUT2D eigenvalue weighted by molar-refractivity contribution is -0.107. The highest BCUT2D eigenvalue weighted by atomic mass is 32.1. The van der Waals surface area contributed by atoms with Gasteiger partial charge in [-0.15, -0.1) is 0 Å². The second-order valence-corrected chi connectivity index (χ2v) is 5.40. The number of rotatable bonds is 1. The molecule has 1 nitrogen and oxygen atoms in total. The van der Waals surface area contributed by atoms with Gasteiger partial charge in [-0.2, -0.15) is 0 Å². The Hall–Kier alpha value is -2.06. The third-order valence-corrected chi connectivity index (χ3v) is 4.29. The van der Waals surface area contributed by atoms with Gasteiger partial charge in [-0.1, -0.05) is 54.7 Å². The van der Waals surface area contributed by atoms with Gasteiger partial charge < -0.3 is 4.79 Å². The topological polar surface area (TPSA) is 17.1 Å². The zero-order valence-corrected chi connectivity index (χ0v) is 10.9. The zero-order valence-electron chi connectivity index (χ0n) is 10.1. The number of aldehydes is 1. The molecule has 0 heterocycles. The molecule has 3 aromatic carbocycles. The summed E-state index contributed by atoms with van der Waals surface area (Å²) >= 11 is 5.35. The Labute approximate surface area is 115 Å². The van der Waals surface area contributed by atoms with Crippen LogP contribution in [0.25, 0.3) is 27.6 Å². The predicted octanol–water partition coefficient (Wildman–Crippen LogP) is 3.16. The molecule has 0 saturated heterocycles. The van der Waals surface area contributed by atoms with Crippen molar-refractivity contribution in [1.29, 1.82) is 0 Å². The van der Waals surface area contributed by atoms with E-state index in [9.17, 15) is 4.79 Å². The summed E-state index contributed by atoms with van der Waals surface area (Å²) in [6.07, 6.45) is 2.91. The normalized spacial score (nSPS) is 17.7. The molecule has 2 heteroatoms. The van der Waals surface area contributed by atoms with E-state index in [2.05, 4.69) is 36.4 Å². The van der Waals surface area contributed by atoms with Crippen LogP contribution in [0.3, 0.4) is 0 Å². The molecule has 0 fully saturated rings. The van der Waals surface area contributed by atoms with Crippen molar-refractivity contribution in [2.75, 3.05) is 0 Å². The second-order valence-electron chi connectivity index (χ2n) is 4.92. The molecule has 1 unspecified atom stereocenters. The molecule has 0 spiro atoms. The lowest BCUT2D eigenvalue weighted by Gasteiger charge is -2.19. The van der Waals surface area contributed by atoms with Gasteiger partial charge in [-0.25, -0.2) is 0 Å². The smallest absolute Gasteiger partial charge is 0.132 e. The van der Waals surface area contributed by atoms with Crippen LogP contribution >= 0.6 is 12.2 Å². The summed E-state index contributed by atoms with van der Waals surface area (Å²) in [6.45, 7) is 0. The monoisotopic (exact) mass is 262 g/mol. The molecular formula is C17H10OS. The maximum atomic E-state index is 11.3. The second kappa shape index (κ2) is 3.72. The van der Waals surface area contributed by atoms with Crippen LogP contribution in [0.2, 0.25) is 0 Å². The molecule has 0 radical (unpaired) electrons. The summed E-state index contributed by atoms with van der Waals surface area (Å²) in [6, 6.07) is 14.6. The van der Waals surface area contributed by atoms with Crippen molar-refractivity contribution in [1.82, 2.24) is 0 Å². The van der Waals surface area contributed by atoms with Crippen LogP contribution < -0.4 is 5.22 Å². The Bertz CT molecular complexity index is 892. The van der Waals surface area contributed by atoms with Crippen molar-refractivity contribution in [3.8, 4) is 0 Å². The average molecular weight is 262 g/mol. The molecule has 0 N–H and O–H groups in total. The van der Waals surface area contributed by atoms with E-state index in [1.54, 1.807) is 0 Å². The van der Waals surface area contributed by atoms with Gasteiger partial charge in [0.25, 0.3) is 0 Å². The molecule has 1 aliphatic rings. The maximum Gasteiger partial charge on any atom is 0.132 e. The molecule has 0 saturated carbocycles. The molecule has 0 amide bonds. The third-order valence-electron chi connectivity index (χ3n) is 3.92. The van der Waals surface area contributed by atoms with Gasteiger partial charge in [0.2, 0.25) is 0 Å². The lowest BCUT2D eigenvalue weighted by Crippen LogP contribution is -2.21. The minimum Gasteiger partial charge on any atom is -0.302 e. The SMILES string of the molecule is O=CC1C(=S)C=c2ccc3cccc4ccc1c2c43. The zero-order chi connectivity index (χ0) is 13.0. The first-order valence-electron chi connectivity index (χ1n) is 6.24. The van der Waals surface area contributed by atoms with Gasteiger partial charge in [-0.3, -0.25) is 0 Å². The summed E-state index contributed by atoms with van der Waals surface area (Å²) in [5.74, 6) is -0.280. The van der Waals surface area contributed by atoms with Crippen molar-refractivity contribution >= 4 is 51.0 Å². The quantitative estimate of drug-likeness (QED) is 0.495. The first-order chi connectivity index (χ1) is 9.29. The first-order valence-corrected chi connectivity index (χ1v) is 6.65. The van der Waals surface area contributed by atoms with Gasteiger partial charge in [0.1, 0.15) is 6.29 Å². The Morgan fingerprint density at radius 3 is 2.42 bits per heavy atom. The predicted molar refractivity (Wildman–Crippen MR) is 82.5 cm³/mol.